The maximum Gasteiger partial charge on any atom is 0.303 e. The van der Waals surface area contributed by atoms with Crippen LogP contribution in [0.2, 0.25) is 0 Å². The van der Waals surface area contributed by atoms with Gasteiger partial charge in [0.05, 0.1) is 5.71 Å². The summed E-state index contributed by atoms with van der Waals surface area (Å²) in [5, 5.41) is 9.02. The molecule has 0 radical (unpaired) electrons. The van der Waals surface area contributed by atoms with E-state index >= 15 is 0 Å². The molecule has 37 heavy (non-hydrogen) atoms. The number of piperidine rings is 1. The molecule has 1 N–H and O–H groups in total. The van der Waals surface area contributed by atoms with Gasteiger partial charge in [-0.25, -0.2) is 0 Å². The monoisotopic (exact) mass is 494 g/mol. The third-order valence-electron chi connectivity index (χ3n) is 7.61. The van der Waals surface area contributed by atoms with E-state index in [9.17, 15) is 9.59 Å². The number of carbonyl (C=O) groups excluding carboxylic acids is 1. The quantitative estimate of drug-likeness (QED) is 0.438. The summed E-state index contributed by atoms with van der Waals surface area (Å²) >= 11 is 0. The summed E-state index contributed by atoms with van der Waals surface area (Å²) in [5.74, 6) is -0.155. The molecule has 2 aliphatic heterocycles. The Bertz CT molecular complexity index is 1260. The van der Waals surface area contributed by atoms with Crippen LogP contribution in [0.3, 0.4) is 0 Å². The first-order valence-corrected chi connectivity index (χ1v) is 13.4. The lowest BCUT2D eigenvalue weighted by Crippen LogP contribution is -2.40. The zero-order valence-electron chi connectivity index (χ0n) is 21.2. The third kappa shape index (κ3) is 5.99. The number of allylic oxidation sites excluding steroid dienone is 4. The van der Waals surface area contributed by atoms with E-state index in [0.29, 0.717) is 18.8 Å². The fourth-order valence-corrected chi connectivity index (χ4v) is 5.67. The van der Waals surface area contributed by atoms with Crippen molar-refractivity contribution in [1.82, 2.24) is 4.90 Å². The van der Waals surface area contributed by atoms with Gasteiger partial charge in [-0.3, -0.25) is 14.6 Å². The first kappa shape index (κ1) is 24.9. The highest BCUT2D eigenvalue weighted by molar-refractivity contribution is 6.13. The van der Waals surface area contributed by atoms with Gasteiger partial charge in [0, 0.05) is 48.2 Å². The number of unbranched alkanes of at least 4 members (excludes halogenated alkanes) is 1. The van der Waals surface area contributed by atoms with Crippen molar-refractivity contribution in [1.29, 1.82) is 0 Å². The van der Waals surface area contributed by atoms with Gasteiger partial charge >= 0.3 is 5.97 Å². The molecule has 1 saturated heterocycles. The average molecular weight is 495 g/mol. The number of hydrogen-bond donors (Lipinski definition) is 1. The molecular weight excluding hydrogens is 460 g/mol. The van der Waals surface area contributed by atoms with Crippen molar-refractivity contribution >= 4 is 17.6 Å². The molecule has 2 aromatic carbocycles. The minimum absolute atomic E-state index is 0.0700. The number of fused-ring (bicyclic) bond motifs is 1. The topological polar surface area (TPSA) is 70.0 Å². The maximum atomic E-state index is 13.6. The Morgan fingerprint density at radius 2 is 1.73 bits per heavy atom. The third-order valence-corrected chi connectivity index (χ3v) is 7.61. The van der Waals surface area contributed by atoms with Crippen LogP contribution in [0, 0.1) is 5.92 Å². The van der Waals surface area contributed by atoms with E-state index < -0.39 is 5.97 Å². The second kappa shape index (κ2) is 11.5. The van der Waals surface area contributed by atoms with Crippen molar-refractivity contribution in [3.05, 3.63) is 107 Å². The van der Waals surface area contributed by atoms with Crippen LogP contribution in [0.1, 0.15) is 62.0 Å². The van der Waals surface area contributed by atoms with E-state index in [1.165, 1.54) is 5.56 Å². The first-order chi connectivity index (χ1) is 18.1. The molecule has 5 nitrogen and oxygen atoms in total. The van der Waals surface area contributed by atoms with E-state index in [4.69, 9.17) is 10.1 Å². The summed E-state index contributed by atoms with van der Waals surface area (Å²) in [7, 11) is 0. The summed E-state index contributed by atoms with van der Waals surface area (Å²) in [6.07, 6.45) is 11.4. The average Bonchev–Trinajstić information content (AvgIpc) is 2.95. The van der Waals surface area contributed by atoms with Crippen molar-refractivity contribution in [3.63, 3.8) is 0 Å². The molecular formula is C32H34N2O3. The van der Waals surface area contributed by atoms with Gasteiger partial charge in [0.1, 0.15) is 0 Å². The van der Waals surface area contributed by atoms with Crippen LogP contribution in [0.5, 0.6) is 0 Å². The SMILES string of the molecule is O=C(O)CCCCC1=CC2CC(C(=O)N3CCCC(c4ccccc4)C3)=CC=C2N=C1c1ccccc1. The molecule has 0 saturated carbocycles. The zero-order valence-corrected chi connectivity index (χ0v) is 21.2. The Balaban J connectivity index is 1.33. The highest BCUT2D eigenvalue weighted by Gasteiger charge is 2.31. The Morgan fingerprint density at radius 1 is 0.973 bits per heavy atom. The molecule has 0 bridgehead atoms. The minimum Gasteiger partial charge on any atom is -0.481 e. The lowest BCUT2D eigenvalue weighted by molar-refractivity contribution is -0.137. The normalized spacial score (nSPS) is 21.2. The molecule has 1 aliphatic carbocycles. The van der Waals surface area contributed by atoms with E-state index in [1.807, 2.05) is 41.3 Å². The van der Waals surface area contributed by atoms with Crippen molar-refractivity contribution < 1.29 is 14.7 Å². The summed E-state index contributed by atoms with van der Waals surface area (Å²) in [5.41, 5.74) is 6.33. The van der Waals surface area contributed by atoms with E-state index in [2.05, 4.69) is 42.5 Å². The molecule has 1 amide bonds. The molecule has 0 spiro atoms. The van der Waals surface area contributed by atoms with E-state index in [1.54, 1.807) is 0 Å². The summed E-state index contributed by atoms with van der Waals surface area (Å²) < 4.78 is 0. The summed E-state index contributed by atoms with van der Waals surface area (Å²) in [6, 6.07) is 20.7. The number of aliphatic imine (C=N–C) groups is 1. The second-order valence-electron chi connectivity index (χ2n) is 10.2. The number of hydrogen-bond acceptors (Lipinski definition) is 3. The van der Waals surface area contributed by atoms with Crippen LogP contribution in [0.25, 0.3) is 0 Å². The number of carbonyl (C=O) groups is 2. The molecule has 2 aromatic rings. The first-order valence-electron chi connectivity index (χ1n) is 13.4. The molecule has 190 valence electrons. The number of amides is 1. The van der Waals surface area contributed by atoms with Gasteiger partial charge in [-0.1, -0.05) is 72.8 Å². The lowest BCUT2D eigenvalue weighted by atomic mass is 9.83. The maximum absolute atomic E-state index is 13.6. The highest BCUT2D eigenvalue weighted by Crippen LogP contribution is 2.36. The highest BCUT2D eigenvalue weighted by atomic mass is 16.4. The number of aliphatic carboxylic acids is 1. The van der Waals surface area contributed by atoms with Crippen LogP contribution in [-0.4, -0.2) is 40.7 Å². The predicted octanol–water partition coefficient (Wildman–Crippen LogP) is 6.30. The van der Waals surface area contributed by atoms with Crippen LogP contribution >= 0.6 is 0 Å². The molecule has 1 fully saturated rings. The number of likely N-dealkylation sites (tertiary alicyclic amines) is 1. The standard InChI is InChI=1S/C32H34N2O3/c35-30(36)16-8-7-14-25-20-28-21-26(17-18-29(28)33-31(25)24-12-5-2-6-13-24)32(37)34-19-9-15-27(22-34)23-10-3-1-4-11-23/h1-6,10-13,17-18,20,27-28H,7-9,14-16,19,21-22H2,(H,35,36). The van der Waals surface area contributed by atoms with Crippen molar-refractivity contribution in [2.24, 2.45) is 10.9 Å². The zero-order chi connectivity index (χ0) is 25.6. The van der Waals surface area contributed by atoms with Gasteiger partial charge in [-0.2, -0.15) is 0 Å². The molecule has 2 atom stereocenters. The van der Waals surface area contributed by atoms with Crippen molar-refractivity contribution in [3.8, 4) is 0 Å². The fourth-order valence-electron chi connectivity index (χ4n) is 5.67. The number of benzene rings is 2. The van der Waals surface area contributed by atoms with Crippen LogP contribution < -0.4 is 0 Å². The van der Waals surface area contributed by atoms with Gasteiger partial charge in [-0.15, -0.1) is 0 Å². The van der Waals surface area contributed by atoms with Gasteiger partial charge in [0.15, 0.2) is 0 Å². The Kier molecular flexibility index (Phi) is 7.79. The fraction of sp³-hybridized carbons (Fsp3) is 0.344. The van der Waals surface area contributed by atoms with Gasteiger partial charge < -0.3 is 10.0 Å². The smallest absolute Gasteiger partial charge is 0.303 e. The van der Waals surface area contributed by atoms with Crippen LogP contribution in [0.15, 0.2) is 101 Å². The Morgan fingerprint density at radius 3 is 2.49 bits per heavy atom. The van der Waals surface area contributed by atoms with Crippen molar-refractivity contribution in [2.45, 2.75) is 50.9 Å². The summed E-state index contributed by atoms with van der Waals surface area (Å²) in [4.78, 5) is 31.6. The van der Waals surface area contributed by atoms with Gasteiger partial charge in [-0.05, 0) is 55.7 Å². The number of nitrogens with zero attached hydrogens (tertiary/aromatic N) is 2. The predicted molar refractivity (Wildman–Crippen MR) is 146 cm³/mol. The van der Waals surface area contributed by atoms with E-state index in [0.717, 1.165) is 66.9 Å². The largest absolute Gasteiger partial charge is 0.481 e. The van der Waals surface area contributed by atoms with Gasteiger partial charge in [0.2, 0.25) is 5.91 Å². The minimum atomic E-state index is -0.757. The molecule has 2 unspecified atom stereocenters. The molecule has 0 aromatic heterocycles. The molecule has 3 aliphatic rings. The number of carboxylic acids is 1. The lowest BCUT2D eigenvalue weighted by Gasteiger charge is -2.35. The Labute approximate surface area is 218 Å². The molecule has 5 rings (SSSR count). The summed E-state index contributed by atoms with van der Waals surface area (Å²) in [6.45, 7) is 1.57. The van der Waals surface area contributed by atoms with Crippen LogP contribution in [0.4, 0.5) is 0 Å². The van der Waals surface area contributed by atoms with E-state index in [-0.39, 0.29) is 18.2 Å². The second-order valence-corrected chi connectivity index (χ2v) is 10.2. The Hall–Kier alpha value is -3.73. The molecule has 2 heterocycles. The molecule has 5 heteroatoms. The number of dihydropyridines is 1. The number of carboxylic acid groups (broad SMARTS) is 1. The van der Waals surface area contributed by atoms with Crippen molar-refractivity contribution in [2.75, 3.05) is 13.1 Å². The van der Waals surface area contributed by atoms with Crippen LogP contribution in [-0.2, 0) is 9.59 Å². The number of rotatable bonds is 8. The van der Waals surface area contributed by atoms with Gasteiger partial charge in [0.25, 0.3) is 0 Å².